The first kappa shape index (κ1) is 9.45. The lowest BCUT2D eigenvalue weighted by Crippen LogP contribution is -1.96. The number of carboxylic acid groups (broad SMARTS) is 1. The Balaban J connectivity index is 2.69. The van der Waals surface area contributed by atoms with Crippen molar-refractivity contribution in [1.82, 2.24) is 4.98 Å². The summed E-state index contributed by atoms with van der Waals surface area (Å²) in [7, 11) is 1.53. The van der Waals surface area contributed by atoms with E-state index in [0.717, 1.165) is 10.8 Å². The van der Waals surface area contributed by atoms with Gasteiger partial charge in [0.15, 0.2) is 0 Å². The summed E-state index contributed by atoms with van der Waals surface area (Å²) < 4.78 is 5.07. The van der Waals surface area contributed by atoms with Gasteiger partial charge in [-0.2, -0.15) is 0 Å². The van der Waals surface area contributed by atoms with Crippen molar-refractivity contribution in [1.29, 1.82) is 0 Å². The Morgan fingerprint density at radius 1 is 1.40 bits per heavy atom. The SMILES string of the molecule is COc1nccc2cc(C(=O)O)ccc12. The molecule has 4 heteroatoms. The number of carbonyl (C=O) groups is 1. The fourth-order valence-corrected chi connectivity index (χ4v) is 1.45. The smallest absolute Gasteiger partial charge is 0.335 e. The first-order chi connectivity index (χ1) is 7.22. The molecule has 0 saturated heterocycles. The third kappa shape index (κ3) is 1.61. The largest absolute Gasteiger partial charge is 0.481 e. The van der Waals surface area contributed by atoms with Gasteiger partial charge in [-0.25, -0.2) is 9.78 Å². The molecule has 0 aliphatic rings. The molecule has 0 aliphatic heterocycles. The van der Waals surface area contributed by atoms with Gasteiger partial charge in [0.05, 0.1) is 12.7 Å². The quantitative estimate of drug-likeness (QED) is 0.810. The van der Waals surface area contributed by atoms with E-state index in [-0.39, 0.29) is 5.56 Å². The Hall–Kier alpha value is -2.10. The molecule has 0 unspecified atom stereocenters. The van der Waals surface area contributed by atoms with Gasteiger partial charge in [0.2, 0.25) is 5.88 Å². The van der Waals surface area contributed by atoms with Crippen molar-refractivity contribution < 1.29 is 14.6 Å². The summed E-state index contributed by atoms with van der Waals surface area (Å²) in [5.74, 6) is -0.433. The number of aromatic nitrogens is 1. The molecule has 0 atom stereocenters. The number of pyridine rings is 1. The van der Waals surface area contributed by atoms with Gasteiger partial charge in [-0.05, 0) is 29.7 Å². The second-order valence-electron chi connectivity index (χ2n) is 3.06. The predicted octanol–water partition coefficient (Wildman–Crippen LogP) is 1.94. The molecule has 0 amide bonds. The van der Waals surface area contributed by atoms with Gasteiger partial charge in [-0.15, -0.1) is 0 Å². The monoisotopic (exact) mass is 203 g/mol. The van der Waals surface area contributed by atoms with E-state index in [1.165, 1.54) is 13.2 Å². The topological polar surface area (TPSA) is 59.4 Å². The maximum Gasteiger partial charge on any atom is 0.335 e. The lowest BCUT2D eigenvalue weighted by atomic mass is 10.1. The molecule has 1 aromatic heterocycles. The molecule has 1 N–H and O–H groups in total. The maximum atomic E-state index is 10.8. The van der Waals surface area contributed by atoms with Crippen LogP contribution >= 0.6 is 0 Å². The van der Waals surface area contributed by atoms with Crippen LogP contribution in [0, 0.1) is 0 Å². The van der Waals surface area contributed by atoms with Crippen LogP contribution < -0.4 is 4.74 Å². The molecule has 0 bridgehead atoms. The van der Waals surface area contributed by atoms with Crippen molar-refractivity contribution in [3.63, 3.8) is 0 Å². The van der Waals surface area contributed by atoms with E-state index < -0.39 is 5.97 Å². The summed E-state index contributed by atoms with van der Waals surface area (Å²) in [6.07, 6.45) is 1.59. The predicted molar refractivity (Wildman–Crippen MR) is 55.3 cm³/mol. The minimum Gasteiger partial charge on any atom is -0.481 e. The number of carboxylic acids is 1. The minimum absolute atomic E-state index is 0.260. The van der Waals surface area contributed by atoms with Gasteiger partial charge in [-0.1, -0.05) is 0 Å². The van der Waals surface area contributed by atoms with Crippen LogP contribution in [-0.4, -0.2) is 23.2 Å². The Kier molecular flexibility index (Phi) is 2.25. The zero-order valence-electron chi connectivity index (χ0n) is 8.10. The molecule has 2 aromatic rings. The van der Waals surface area contributed by atoms with E-state index in [2.05, 4.69) is 4.98 Å². The highest BCUT2D eigenvalue weighted by Crippen LogP contribution is 2.23. The van der Waals surface area contributed by atoms with E-state index >= 15 is 0 Å². The van der Waals surface area contributed by atoms with Gasteiger partial charge < -0.3 is 9.84 Å². The van der Waals surface area contributed by atoms with Crippen LogP contribution in [0.25, 0.3) is 10.8 Å². The second kappa shape index (κ2) is 3.57. The van der Waals surface area contributed by atoms with E-state index in [9.17, 15) is 4.79 Å². The van der Waals surface area contributed by atoms with Crippen molar-refractivity contribution >= 4 is 16.7 Å². The molecule has 0 aliphatic carbocycles. The number of ether oxygens (including phenoxy) is 1. The van der Waals surface area contributed by atoms with Crippen LogP contribution in [0.3, 0.4) is 0 Å². The van der Waals surface area contributed by atoms with Crippen LogP contribution in [-0.2, 0) is 0 Å². The molecule has 76 valence electrons. The van der Waals surface area contributed by atoms with Gasteiger partial charge in [0.1, 0.15) is 0 Å². The molecule has 1 heterocycles. The van der Waals surface area contributed by atoms with Crippen LogP contribution in [0.15, 0.2) is 30.5 Å². The van der Waals surface area contributed by atoms with Gasteiger partial charge in [0.25, 0.3) is 0 Å². The minimum atomic E-state index is -0.937. The summed E-state index contributed by atoms with van der Waals surface area (Å²) >= 11 is 0. The Morgan fingerprint density at radius 3 is 2.87 bits per heavy atom. The molecule has 0 saturated carbocycles. The summed E-state index contributed by atoms with van der Waals surface area (Å²) in [6.45, 7) is 0. The fraction of sp³-hybridized carbons (Fsp3) is 0.0909. The Labute approximate surface area is 86.1 Å². The first-order valence-electron chi connectivity index (χ1n) is 4.38. The molecule has 0 radical (unpaired) electrons. The average molecular weight is 203 g/mol. The summed E-state index contributed by atoms with van der Waals surface area (Å²) in [5, 5.41) is 10.4. The molecular weight excluding hydrogens is 194 g/mol. The Bertz CT molecular complexity index is 522. The number of benzene rings is 1. The second-order valence-corrected chi connectivity index (χ2v) is 3.06. The first-order valence-corrected chi connectivity index (χ1v) is 4.38. The van der Waals surface area contributed by atoms with E-state index in [0.29, 0.717) is 5.88 Å². The van der Waals surface area contributed by atoms with Crippen LogP contribution in [0.1, 0.15) is 10.4 Å². The zero-order valence-corrected chi connectivity index (χ0v) is 8.10. The molecular formula is C11H9NO3. The molecule has 1 aromatic carbocycles. The lowest BCUT2D eigenvalue weighted by Gasteiger charge is -2.04. The fourth-order valence-electron chi connectivity index (χ4n) is 1.45. The number of methoxy groups -OCH3 is 1. The van der Waals surface area contributed by atoms with Crippen molar-refractivity contribution in [2.45, 2.75) is 0 Å². The number of aromatic carboxylic acids is 1. The van der Waals surface area contributed by atoms with E-state index in [1.807, 2.05) is 0 Å². The van der Waals surface area contributed by atoms with Gasteiger partial charge in [-0.3, -0.25) is 0 Å². The standard InChI is InChI=1S/C11H9NO3/c1-15-10-9-3-2-8(11(13)14)6-7(9)4-5-12-10/h2-6H,1H3,(H,13,14). The number of fused-ring (bicyclic) bond motifs is 1. The highest BCUT2D eigenvalue weighted by atomic mass is 16.5. The van der Waals surface area contributed by atoms with Crippen LogP contribution in [0.4, 0.5) is 0 Å². The zero-order chi connectivity index (χ0) is 10.8. The normalized spacial score (nSPS) is 10.2. The molecule has 2 rings (SSSR count). The maximum absolute atomic E-state index is 10.8. The summed E-state index contributed by atoms with van der Waals surface area (Å²) in [5.41, 5.74) is 0.260. The third-order valence-electron chi connectivity index (χ3n) is 2.17. The van der Waals surface area contributed by atoms with Gasteiger partial charge >= 0.3 is 5.97 Å². The molecule has 0 fully saturated rings. The molecule has 4 nitrogen and oxygen atoms in total. The molecule has 15 heavy (non-hydrogen) atoms. The van der Waals surface area contributed by atoms with Crippen molar-refractivity contribution in [3.8, 4) is 5.88 Å². The number of hydrogen-bond donors (Lipinski definition) is 1. The van der Waals surface area contributed by atoms with Crippen molar-refractivity contribution in [2.75, 3.05) is 7.11 Å². The number of rotatable bonds is 2. The van der Waals surface area contributed by atoms with Crippen molar-refractivity contribution in [2.24, 2.45) is 0 Å². The van der Waals surface area contributed by atoms with E-state index in [4.69, 9.17) is 9.84 Å². The van der Waals surface area contributed by atoms with Crippen molar-refractivity contribution in [3.05, 3.63) is 36.0 Å². The Morgan fingerprint density at radius 2 is 2.20 bits per heavy atom. The number of hydrogen-bond acceptors (Lipinski definition) is 3. The lowest BCUT2D eigenvalue weighted by molar-refractivity contribution is 0.0697. The highest BCUT2D eigenvalue weighted by Gasteiger charge is 2.06. The number of nitrogens with zero attached hydrogens (tertiary/aromatic N) is 1. The highest BCUT2D eigenvalue weighted by molar-refractivity contribution is 5.95. The third-order valence-corrected chi connectivity index (χ3v) is 2.17. The average Bonchev–Trinajstić information content (AvgIpc) is 2.27. The molecule has 0 spiro atoms. The van der Waals surface area contributed by atoms with Crippen LogP contribution in [0.5, 0.6) is 5.88 Å². The summed E-state index contributed by atoms with van der Waals surface area (Å²) in [4.78, 5) is 14.8. The van der Waals surface area contributed by atoms with Crippen LogP contribution in [0.2, 0.25) is 0 Å². The van der Waals surface area contributed by atoms with Gasteiger partial charge in [0, 0.05) is 11.6 Å². The van der Waals surface area contributed by atoms with E-state index in [1.54, 1.807) is 24.4 Å². The summed E-state index contributed by atoms with van der Waals surface area (Å²) in [6, 6.07) is 6.59.